The summed E-state index contributed by atoms with van der Waals surface area (Å²) in [5, 5.41) is 6.71. The Bertz CT molecular complexity index is 681. The van der Waals surface area contributed by atoms with Crippen LogP contribution in [-0.2, 0) is 10.0 Å². The van der Waals surface area contributed by atoms with E-state index in [0.29, 0.717) is 10.7 Å². The van der Waals surface area contributed by atoms with Crippen LogP contribution in [-0.4, -0.2) is 18.6 Å². The van der Waals surface area contributed by atoms with Crippen LogP contribution in [0.3, 0.4) is 0 Å². The van der Waals surface area contributed by atoms with Crippen molar-refractivity contribution >= 4 is 33.1 Å². The van der Waals surface area contributed by atoms with Crippen molar-refractivity contribution in [2.75, 3.05) is 10.5 Å². The fourth-order valence-electron chi connectivity index (χ4n) is 1.34. The lowest BCUT2D eigenvalue weighted by molar-refractivity contribution is 0.601. The molecule has 18 heavy (non-hydrogen) atoms. The van der Waals surface area contributed by atoms with Gasteiger partial charge in [-0.15, -0.1) is 0 Å². The van der Waals surface area contributed by atoms with E-state index in [1.807, 2.05) is 0 Å². The van der Waals surface area contributed by atoms with E-state index >= 15 is 0 Å². The molecule has 1 heterocycles. The second-order valence-electron chi connectivity index (χ2n) is 3.67. The first-order valence-electron chi connectivity index (χ1n) is 4.99. The van der Waals surface area contributed by atoms with Crippen LogP contribution in [0.4, 0.5) is 11.5 Å². The van der Waals surface area contributed by atoms with Crippen LogP contribution < -0.4 is 10.5 Å². The lowest BCUT2D eigenvalue weighted by atomic mass is 10.4. The van der Waals surface area contributed by atoms with Crippen LogP contribution in [0.1, 0.15) is 5.69 Å². The van der Waals surface area contributed by atoms with E-state index in [9.17, 15) is 8.42 Å². The van der Waals surface area contributed by atoms with Gasteiger partial charge >= 0.3 is 0 Å². The molecule has 4 N–H and O–H groups in total. The van der Waals surface area contributed by atoms with Crippen molar-refractivity contribution in [3.63, 3.8) is 0 Å². The number of rotatable bonds is 3. The summed E-state index contributed by atoms with van der Waals surface area (Å²) in [6, 6.07) is 5.92. The number of hydrogen-bond acceptors (Lipinski definition) is 4. The topological polar surface area (TPSA) is 101 Å². The van der Waals surface area contributed by atoms with Crippen LogP contribution in [0.5, 0.6) is 0 Å². The molecule has 6 nitrogen and oxygen atoms in total. The normalized spacial score (nSPS) is 11.4. The van der Waals surface area contributed by atoms with E-state index < -0.39 is 10.0 Å². The number of nitrogens with zero attached hydrogens (tertiary/aromatic N) is 1. The minimum absolute atomic E-state index is 0.0510. The number of aromatic nitrogens is 2. The van der Waals surface area contributed by atoms with Crippen LogP contribution >= 0.6 is 11.6 Å². The van der Waals surface area contributed by atoms with Crippen LogP contribution in [0.25, 0.3) is 0 Å². The summed E-state index contributed by atoms with van der Waals surface area (Å²) >= 11 is 5.75. The number of nitrogens with two attached hydrogens (primary N) is 1. The van der Waals surface area contributed by atoms with Crippen LogP contribution in [0, 0.1) is 6.92 Å². The number of sulfonamides is 1. The zero-order valence-electron chi connectivity index (χ0n) is 9.44. The van der Waals surface area contributed by atoms with Gasteiger partial charge in [-0.1, -0.05) is 17.7 Å². The van der Waals surface area contributed by atoms with Crippen molar-refractivity contribution in [1.82, 2.24) is 10.2 Å². The Morgan fingerprint density at radius 2 is 2.17 bits per heavy atom. The Morgan fingerprint density at radius 3 is 2.72 bits per heavy atom. The Hall–Kier alpha value is -1.73. The van der Waals surface area contributed by atoms with Crippen LogP contribution in [0.2, 0.25) is 5.02 Å². The molecule has 0 fully saturated rings. The number of nitrogen functional groups attached to an aromatic ring is 1. The van der Waals surface area contributed by atoms with Crippen molar-refractivity contribution < 1.29 is 8.42 Å². The maximum atomic E-state index is 12.0. The Balaban J connectivity index is 2.36. The van der Waals surface area contributed by atoms with E-state index in [2.05, 4.69) is 14.9 Å². The monoisotopic (exact) mass is 286 g/mol. The zero-order chi connectivity index (χ0) is 13.3. The molecule has 0 atom stereocenters. The average Bonchev–Trinajstić information content (AvgIpc) is 2.61. The quantitative estimate of drug-likeness (QED) is 0.800. The van der Waals surface area contributed by atoms with Gasteiger partial charge < -0.3 is 5.73 Å². The van der Waals surface area contributed by atoms with Gasteiger partial charge in [-0.3, -0.25) is 9.82 Å². The summed E-state index contributed by atoms with van der Waals surface area (Å²) in [5.74, 6) is 0.0764. The standard InChI is InChI=1S/C10H11ClN4O2S/c1-6-9(12)10(14-13-6)15-18(16,17)8-4-2-3-7(11)5-8/h2-5H,12H2,1H3,(H2,13,14,15). The largest absolute Gasteiger partial charge is 0.394 e. The number of hydrogen-bond donors (Lipinski definition) is 3. The molecule has 0 saturated carbocycles. The Morgan fingerprint density at radius 1 is 1.44 bits per heavy atom. The number of anilines is 2. The fraction of sp³-hybridized carbons (Fsp3) is 0.100. The van der Waals surface area contributed by atoms with Crippen molar-refractivity contribution in [3.05, 3.63) is 35.0 Å². The number of H-pyrrole nitrogens is 1. The lowest BCUT2D eigenvalue weighted by Crippen LogP contribution is -2.14. The molecule has 1 aromatic heterocycles. The second-order valence-corrected chi connectivity index (χ2v) is 5.79. The molecule has 0 bridgehead atoms. The SMILES string of the molecule is Cc1[nH]nc(NS(=O)(=O)c2cccc(Cl)c2)c1N. The van der Waals surface area contributed by atoms with E-state index in [4.69, 9.17) is 17.3 Å². The highest BCUT2D eigenvalue weighted by atomic mass is 35.5. The third kappa shape index (κ3) is 2.41. The van der Waals surface area contributed by atoms with Crippen molar-refractivity contribution in [1.29, 1.82) is 0 Å². The molecule has 0 unspecified atom stereocenters. The molecular formula is C10H11ClN4O2S. The van der Waals surface area contributed by atoms with E-state index in [1.54, 1.807) is 19.1 Å². The zero-order valence-corrected chi connectivity index (χ0v) is 11.0. The van der Waals surface area contributed by atoms with Gasteiger partial charge in [0.25, 0.3) is 10.0 Å². The Labute approximate surface area is 109 Å². The van der Waals surface area contributed by atoms with Crippen molar-refractivity contribution in [3.8, 4) is 0 Å². The van der Waals surface area contributed by atoms with Gasteiger partial charge in [-0.2, -0.15) is 5.10 Å². The van der Waals surface area contributed by atoms with Gasteiger partial charge in [0.15, 0.2) is 5.82 Å². The first kappa shape index (κ1) is 12.7. The van der Waals surface area contributed by atoms with Crippen molar-refractivity contribution in [2.45, 2.75) is 11.8 Å². The summed E-state index contributed by atoms with van der Waals surface area (Å²) in [4.78, 5) is 0.0510. The first-order chi connectivity index (χ1) is 8.40. The summed E-state index contributed by atoms with van der Waals surface area (Å²) < 4.78 is 26.4. The van der Waals surface area contributed by atoms with Gasteiger partial charge in [0.1, 0.15) is 0 Å². The highest BCUT2D eigenvalue weighted by molar-refractivity contribution is 7.92. The minimum atomic E-state index is -3.74. The highest BCUT2D eigenvalue weighted by Crippen LogP contribution is 2.23. The van der Waals surface area contributed by atoms with E-state index in [0.717, 1.165) is 0 Å². The maximum Gasteiger partial charge on any atom is 0.263 e. The fourth-order valence-corrected chi connectivity index (χ4v) is 2.66. The van der Waals surface area contributed by atoms with Crippen LogP contribution in [0.15, 0.2) is 29.2 Å². The molecule has 1 aromatic carbocycles. The van der Waals surface area contributed by atoms with Crippen molar-refractivity contribution in [2.24, 2.45) is 0 Å². The summed E-state index contributed by atoms with van der Waals surface area (Å²) in [6.07, 6.45) is 0. The number of aryl methyl sites for hydroxylation is 1. The molecule has 2 rings (SSSR count). The summed E-state index contributed by atoms with van der Waals surface area (Å²) in [7, 11) is -3.74. The molecule has 0 aliphatic heterocycles. The lowest BCUT2D eigenvalue weighted by Gasteiger charge is -2.06. The molecule has 0 aliphatic rings. The molecule has 0 amide bonds. The third-order valence-corrected chi connectivity index (χ3v) is 3.90. The smallest absolute Gasteiger partial charge is 0.263 e. The predicted octanol–water partition coefficient (Wildman–Crippen LogP) is 1.75. The molecular weight excluding hydrogens is 276 g/mol. The molecule has 8 heteroatoms. The van der Waals surface area contributed by atoms with Gasteiger partial charge in [0.05, 0.1) is 16.3 Å². The third-order valence-electron chi connectivity index (χ3n) is 2.33. The molecule has 0 saturated heterocycles. The maximum absolute atomic E-state index is 12.0. The van der Waals surface area contributed by atoms with Gasteiger partial charge in [0.2, 0.25) is 0 Å². The Kier molecular flexibility index (Phi) is 3.18. The van der Waals surface area contributed by atoms with E-state index in [-0.39, 0.29) is 16.4 Å². The number of nitrogens with one attached hydrogen (secondary N) is 2. The summed E-state index contributed by atoms with van der Waals surface area (Å²) in [5.41, 5.74) is 6.53. The highest BCUT2D eigenvalue weighted by Gasteiger charge is 2.18. The molecule has 2 aromatic rings. The van der Waals surface area contributed by atoms with Gasteiger partial charge in [-0.05, 0) is 25.1 Å². The minimum Gasteiger partial charge on any atom is -0.394 e. The second kappa shape index (κ2) is 4.51. The number of halogens is 1. The molecule has 0 spiro atoms. The number of aromatic amines is 1. The molecule has 96 valence electrons. The summed E-state index contributed by atoms with van der Waals surface area (Å²) in [6.45, 7) is 1.69. The molecule has 0 radical (unpaired) electrons. The first-order valence-corrected chi connectivity index (χ1v) is 6.85. The van der Waals surface area contributed by atoms with Gasteiger partial charge in [-0.25, -0.2) is 8.42 Å². The van der Waals surface area contributed by atoms with E-state index in [1.165, 1.54) is 12.1 Å². The average molecular weight is 287 g/mol. The molecule has 0 aliphatic carbocycles. The predicted molar refractivity (Wildman–Crippen MR) is 70.0 cm³/mol. The number of benzene rings is 1. The van der Waals surface area contributed by atoms with Gasteiger partial charge in [0, 0.05) is 5.02 Å².